The number of benzene rings is 1. The Labute approximate surface area is 160 Å². The van der Waals surface area contributed by atoms with Gasteiger partial charge >= 0.3 is 0 Å². The molecule has 0 fully saturated rings. The number of hydrogen-bond acceptors (Lipinski definition) is 6. The van der Waals surface area contributed by atoms with Crippen LogP contribution in [-0.2, 0) is 0 Å². The maximum atomic E-state index is 9.90. The molecule has 136 valence electrons. The van der Waals surface area contributed by atoms with Crippen LogP contribution < -0.4 is 4.74 Å². The number of rotatable bonds is 5. The number of hydrogen-bond donors (Lipinski definition) is 1. The van der Waals surface area contributed by atoms with Crippen LogP contribution in [0.1, 0.15) is 29.9 Å². The second kappa shape index (κ2) is 7.43. The summed E-state index contributed by atoms with van der Waals surface area (Å²) in [4.78, 5) is 0. The van der Waals surface area contributed by atoms with Crippen molar-refractivity contribution in [2.75, 3.05) is 6.61 Å². The van der Waals surface area contributed by atoms with Crippen LogP contribution in [0.4, 0.5) is 0 Å². The number of phenols is 1. The molecule has 0 aliphatic carbocycles. The largest absolute Gasteiger partial charge is 0.503 e. The van der Waals surface area contributed by atoms with Gasteiger partial charge in [0.2, 0.25) is 0 Å². The first kappa shape index (κ1) is 18.4. The molecule has 26 heavy (non-hydrogen) atoms. The number of ether oxygens (including phenoxy) is 1. The summed E-state index contributed by atoms with van der Waals surface area (Å²) >= 11 is 12.3. The van der Waals surface area contributed by atoms with E-state index in [2.05, 4.69) is 10.2 Å². The Kier molecular flexibility index (Phi) is 5.25. The number of aromatic nitrogens is 2. The van der Waals surface area contributed by atoms with E-state index in [0.29, 0.717) is 23.8 Å². The Hall–Kier alpha value is -2.44. The third-order valence-electron chi connectivity index (χ3n) is 3.54. The normalized spacial score (nSPS) is 11.8. The minimum atomic E-state index is -0.118. The SMILES string of the molecule is CCOc1cc(/C=C(\Cl)c2nnc(-c3cc(C)oc3C)o2)cc(Cl)c1O. The van der Waals surface area contributed by atoms with Crippen LogP contribution >= 0.6 is 23.2 Å². The highest BCUT2D eigenvalue weighted by molar-refractivity contribution is 6.50. The molecule has 0 saturated carbocycles. The maximum absolute atomic E-state index is 9.90. The van der Waals surface area contributed by atoms with Crippen LogP contribution in [0.2, 0.25) is 5.02 Å². The van der Waals surface area contributed by atoms with Crippen molar-refractivity contribution in [3.05, 3.63) is 46.2 Å². The molecule has 0 aliphatic heterocycles. The minimum Gasteiger partial charge on any atom is -0.503 e. The zero-order valence-electron chi connectivity index (χ0n) is 14.3. The number of halogens is 2. The highest BCUT2D eigenvalue weighted by Crippen LogP contribution is 2.37. The molecule has 3 rings (SSSR count). The van der Waals surface area contributed by atoms with Crippen molar-refractivity contribution in [2.24, 2.45) is 0 Å². The fraction of sp³-hybridized carbons (Fsp3) is 0.222. The molecule has 0 amide bonds. The number of aryl methyl sites for hydroxylation is 2. The first-order valence-electron chi connectivity index (χ1n) is 7.82. The van der Waals surface area contributed by atoms with Gasteiger partial charge in [-0.05, 0) is 50.6 Å². The lowest BCUT2D eigenvalue weighted by Gasteiger charge is -2.08. The van der Waals surface area contributed by atoms with Gasteiger partial charge in [-0.3, -0.25) is 0 Å². The first-order valence-corrected chi connectivity index (χ1v) is 8.58. The van der Waals surface area contributed by atoms with Crippen LogP contribution in [0.15, 0.2) is 27.0 Å². The second-order valence-electron chi connectivity index (χ2n) is 5.51. The molecule has 6 nitrogen and oxygen atoms in total. The van der Waals surface area contributed by atoms with Crippen molar-refractivity contribution < 1.29 is 18.7 Å². The number of nitrogens with zero attached hydrogens (tertiary/aromatic N) is 2. The lowest BCUT2D eigenvalue weighted by Crippen LogP contribution is -1.92. The van der Waals surface area contributed by atoms with Gasteiger partial charge < -0.3 is 18.7 Å². The summed E-state index contributed by atoms with van der Waals surface area (Å²) in [6, 6.07) is 5.00. The van der Waals surface area contributed by atoms with Gasteiger partial charge in [0, 0.05) is 0 Å². The molecule has 2 heterocycles. The monoisotopic (exact) mass is 394 g/mol. The van der Waals surface area contributed by atoms with E-state index in [4.69, 9.17) is 36.8 Å². The van der Waals surface area contributed by atoms with E-state index in [9.17, 15) is 5.11 Å². The third kappa shape index (κ3) is 3.71. The fourth-order valence-electron chi connectivity index (χ4n) is 2.42. The molecule has 0 atom stereocenters. The molecule has 0 saturated heterocycles. The molecule has 2 aromatic heterocycles. The number of phenolic OH excluding ortho intramolecular Hbond substituents is 1. The van der Waals surface area contributed by atoms with E-state index in [0.717, 1.165) is 11.3 Å². The summed E-state index contributed by atoms with van der Waals surface area (Å²) < 4.78 is 16.5. The molecule has 0 unspecified atom stereocenters. The number of aromatic hydroxyl groups is 1. The van der Waals surface area contributed by atoms with Gasteiger partial charge in [0.25, 0.3) is 11.8 Å². The van der Waals surface area contributed by atoms with Gasteiger partial charge in [-0.1, -0.05) is 23.2 Å². The predicted molar refractivity (Wildman–Crippen MR) is 99.5 cm³/mol. The molecule has 3 aromatic rings. The molecule has 1 aromatic carbocycles. The summed E-state index contributed by atoms with van der Waals surface area (Å²) in [7, 11) is 0. The maximum Gasteiger partial charge on any atom is 0.259 e. The highest BCUT2D eigenvalue weighted by Gasteiger charge is 2.16. The van der Waals surface area contributed by atoms with Gasteiger partial charge in [0.1, 0.15) is 16.6 Å². The van der Waals surface area contributed by atoms with E-state index < -0.39 is 0 Å². The van der Waals surface area contributed by atoms with E-state index in [1.54, 1.807) is 18.2 Å². The highest BCUT2D eigenvalue weighted by atomic mass is 35.5. The Morgan fingerprint density at radius 2 is 2.00 bits per heavy atom. The topological polar surface area (TPSA) is 81.5 Å². The second-order valence-corrected chi connectivity index (χ2v) is 6.33. The van der Waals surface area contributed by atoms with Gasteiger partial charge in [0.15, 0.2) is 11.5 Å². The van der Waals surface area contributed by atoms with Gasteiger partial charge in [-0.25, -0.2) is 0 Å². The predicted octanol–water partition coefficient (Wildman–Crippen LogP) is 5.44. The Balaban J connectivity index is 1.92. The van der Waals surface area contributed by atoms with E-state index in [1.807, 2.05) is 26.8 Å². The average molecular weight is 395 g/mol. The van der Waals surface area contributed by atoms with Gasteiger partial charge in [0.05, 0.1) is 17.2 Å². The van der Waals surface area contributed by atoms with Crippen molar-refractivity contribution in [1.82, 2.24) is 10.2 Å². The van der Waals surface area contributed by atoms with Crippen molar-refractivity contribution in [2.45, 2.75) is 20.8 Å². The van der Waals surface area contributed by atoms with Crippen molar-refractivity contribution in [1.29, 1.82) is 0 Å². The third-order valence-corrected chi connectivity index (χ3v) is 4.10. The zero-order chi connectivity index (χ0) is 18.8. The molecule has 0 spiro atoms. The van der Waals surface area contributed by atoms with Crippen LogP contribution in [0.3, 0.4) is 0 Å². The number of furan rings is 1. The van der Waals surface area contributed by atoms with E-state index in [-0.39, 0.29) is 27.4 Å². The lowest BCUT2D eigenvalue weighted by atomic mass is 10.2. The zero-order valence-corrected chi connectivity index (χ0v) is 15.9. The first-order chi connectivity index (χ1) is 12.4. The molecule has 0 aliphatic rings. The van der Waals surface area contributed by atoms with Crippen LogP contribution in [0, 0.1) is 13.8 Å². The Morgan fingerprint density at radius 3 is 2.65 bits per heavy atom. The summed E-state index contributed by atoms with van der Waals surface area (Å²) in [6.45, 7) is 5.85. The summed E-state index contributed by atoms with van der Waals surface area (Å²) in [6.07, 6.45) is 1.60. The Morgan fingerprint density at radius 1 is 1.23 bits per heavy atom. The summed E-state index contributed by atoms with van der Waals surface area (Å²) in [5.41, 5.74) is 1.34. The van der Waals surface area contributed by atoms with Gasteiger partial charge in [-0.2, -0.15) is 0 Å². The van der Waals surface area contributed by atoms with Crippen LogP contribution in [0.5, 0.6) is 11.5 Å². The fourth-order valence-corrected chi connectivity index (χ4v) is 2.84. The van der Waals surface area contributed by atoms with Crippen LogP contribution in [-0.4, -0.2) is 21.9 Å². The molecule has 8 heteroatoms. The molecule has 0 radical (unpaired) electrons. The average Bonchev–Trinajstić information content (AvgIpc) is 3.18. The van der Waals surface area contributed by atoms with Gasteiger partial charge in [-0.15, -0.1) is 10.2 Å². The summed E-state index contributed by atoms with van der Waals surface area (Å²) in [5, 5.41) is 18.3. The Bertz CT molecular complexity index is 976. The minimum absolute atomic E-state index is 0.118. The van der Waals surface area contributed by atoms with Crippen molar-refractivity contribution in [3.63, 3.8) is 0 Å². The molecular weight excluding hydrogens is 379 g/mol. The van der Waals surface area contributed by atoms with E-state index >= 15 is 0 Å². The smallest absolute Gasteiger partial charge is 0.259 e. The van der Waals surface area contributed by atoms with Crippen molar-refractivity contribution >= 4 is 34.3 Å². The summed E-state index contributed by atoms with van der Waals surface area (Å²) in [5.74, 6) is 2.06. The van der Waals surface area contributed by atoms with E-state index in [1.165, 1.54) is 0 Å². The molecular formula is C18H16Cl2N2O4. The lowest BCUT2D eigenvalue weighted by molar-refractivity contribution is 0.318. The standard InChI is InChI=1S/C18H16Cl2N2O4/c1-4-24-15-8-11(6-13(19)16(15)23)7-14(20)18-22-21-17(26-18)12-5-9(2)25-10(12)3/h5-8,23H,4H2,1-3H3/b14-7-. The molecule has 0 bridgehead atoms. The van der Waals surface area contributed by atoms with Crippen molar-refractivity contribution in [3.8, 4) is 23.0 Å². The van der Waals surface area contributed by atoms with Crippen LogP contribution in [0.25, 0.3) is 22.6 Å². The molecule has 1 N–H and O–H groups in total. The quantitative estimate of drug-likeness (QED) is 0.620.